The second kappa shape index (κ2) is 4.01. The van der Waals surface area contributed by atoms with Gasteiger partial charge >= 0.3 is 0 Å². The fourth-order valence-corrected chi connectivity index (χ4v) is 1.90. The van der Waals surface area contributed by atoms with Crippen molar-refractivity contribution in [1.29, 1.82) is 0 Å². The Morgan fingerprint density at radius 1 is 1.44 bits per heavy atom. The van der Waals surface area contributed by atoms with E-state index in [-0.39, 0.29) is 5.91 Å². The van der Waals surface area contributed by atoms with Crippen LogP contribution in [0.4, 0.5) is 5.95 Å². The summed E-state index contributed by atoms with van der Waals surface area (Å²) in [5, 5.41) is 2.84. The van der Waals surface area contributed by atoms with Gasteiger partial charge in [0.2, 0.25) is 11.9 Å². The minimum atomic E-state index is -0.605. The van der Waals surface area contributed by atoms with Crippen LogP contribution in [0.5, 0.6) is 0 Å². The van der Waals surface area contributed by atoms with E-state index >= 15 is 0 Å². The Kier molecular flexibility index (Phi) is 2.84. The summed E-state index contributed by atoms with van der Waals surface area (Å²) in [5.41, 5.74) is -0.605. The van der Waals surface area contributed by atoms with Gasteiger partial charge in [0.25, 0.3) is 0 Å². The first kappa shape index (κ1) is 11.3. The third-order valence-electron chi connectivity index (χ3n) is 2.70. The van der Waals surface area contributed by atoms with E-state index in [9.17, 15) is 4.79 Å². The Morgan fingerprint density at radius 2 is 2.06 bits per heavy atom. The molecule has 86 valence electrons. The molecule has 5 nitrogen and oxygen atoms in total. The molecule has 1 aromatic rings. The fraction of sp³-hybridized carbons (Fsp3) is 0.500. The highest BCUT2D eigenvalue weighted by molar-refractivity contribution is 9.10. The number of amides is 1. The van der Waals surface area contributed by atoms with Gasteiger partial charge in [0.05, 0.1) is 4.47 Å². The molecule has 0 radical (unpaired) electrons. The van der Waals surface area contributed by atoms with Crippen LogP contribution in [-0.2, 0) is 4.79 Å². The second-order valence-corrected chi connectivity index (χ2v) is 5.08. The molecule has 0 bridgehead atoms. The molecule has 1 saturated heterocycles. The van der Waals surface area contributed by atoms with E-state index in [1.165, 1.54) is 0 Å². The summed E-state index contributed by atoms with van der Waals surface area (Å²) < 4.78 is 0.829. The predicted octanol–water partition coefficient (Wildman–Crippen LogP) is 0.954. The van der Waals surface area contributed by atoms with Crippen LogP contribution in [0.25, 0.3) is 0 Å². The van der Waals surface area contributed by atoms with Crippen molar-refractivity contribution in [3.8, 4) is 0 Å². The zero-order valence-electron chi connectivity index (χ0n) is 9.20. The van der Waals surface area contributed by atoms with Crippen molar-refractivity contribution in [2.24, 2.45) is 0 Å². The van der Waals surface area contributed by atoms with Crippen LogP contribution in [-0.4, -0.2) is 34.5 Å². The Bertz CT molecular complexity index is 404. The number of piperazine rings is 1. The Morgan fingerprint density at radius 3 is 2.69 bits per heavy atom. The summed E-state index contributed by atoms with van der Waals surface area (Å²) in [4.78, 5) is 22.1. The number of halogens is 1. The molecule has 1 amide bonds. The maximum absolute atomic E-state index is 11.7. The largest absolute Gasteiger partial charge is 0.352 e. The lowest BCUT2D eigenvalue weighted by atomic mass is 10.00. The Labute approximate surface area is 102 Å². The van der Waals surface area contributed by atoms with E-state index in [1.54, 1.807) is 12.4 Å². The summed E-state index contributed by atoms with van der Waals surface area (Å²) >= 11 is 3.29. The van der Waals surface area contributed by atoms with E-state index in [0.29, 0.717) is 12.5 Å². The molecule has 1 aromatic heterocycles. The van der Waals surface area contributed by atoms with Crippen LogP contribution < -0.4 is 10.2 Å². The summed E-state index contributed by atoms with van der Waals surface area (Å²) in [6.45, 7) is 5.09. The highest BCUT2D eigenvalue weighted by atomic mass is 79.9. The van der Waals surface area contributed by atoms with Gasteiger partial charge in [0, 0.05) is 25.5 Å². The minimum Gasteiger partial charge on any atom is -0.352 e. The third-order valence-corrected chi connectivity index (χ3v) is 3.11. The van der Waals surface area contributed by atoms with Crippen molar-refractivity contribution >= 4 is 27.8 Å². The van der Waals surface area contributed by atoms with Crippen molar-refractivity contribution < 1.29 is 4.79 Å². The lowest BCUT2D eigenvalue weighted by Crippen LogP contribution is -2.62. The SMILES string of the molecule is CC1(C)C(=O)NCCN1c1ncc(Br)cn1. The van der Waals surface area contributed by atoms with Crippen molar-refractivity contribution in [2.45, 2.75) is 19.4 Å². The molecule has 1 aliphatic heterocycles. The van der Waals surface area contributed by atoms with Gasteiger partial charge in [-0.05, 0) is 29.8 Å². The summed E-state index contributed by atoms with van der Waals surface area (Å²) in [7, 11) is 0. The molecule has 0 aliphatic carbocycles. The molecule has 1 fully saturated rings. The van der Waals surface area contributed by atoms with E-state index in [4.69, 9.17) is 0 Å². The van der Waals surface area contributed by atoms with E-state index in [2.05, 4.69) is 31.2 Å². The lowest BCUT2D eigenvalue weighted by Gasteiger charge is -2.41. The first-order valence-electron chi connectivity index (χ1n) is 5.05. The molecule has 0 spiro atoms. The number of nitrogens with one attached hydrogen (secondary N) is 1. The van der Waals surface area contributed by atoms with Crippen LogP contribution in [0.1, 0.15) is 13.8 Å². The maximum atomic E-state index is 11.7. The van der Waals surface area contributed by atoms with Crippen LogP contribution in [0.15, 0.2) is 16.9 Å². The average molecular weight is 285 g/mol. The smallest absolute Gasteiger partial charge is 0.245 e. The van der Waals surface area contributed by atoms with E-state index in [1.807, 2.05) is 18.7 Å². The van der Waals surface area contributed by atoms with E-state index < -0.39 is 5.54 Å². The quantitative estimate of drug-likeness (QED) is 0.834. The van der Waals surface area contributed by atoms with Crippen LogP contribution >= 0.6 is 15.9 Å². The van der Waals surface area contributed by atoms with Crippen molar-refractivity contribution in [3.63, 3.8) is 0 Å². The number of hydrogen-bond acceptors (Lipinski definition) is 4. The third kappa shape index (κ3) is 1.89. The molecule has 0 unspecified atom stereocenters. The molecule has 2 heterocycles. The molecular formula is C10H13BrN4O. The first-order valence-corrected chi connectivity index (χ1v) is 5.84. The zero-order valence-corrected chi connectivity index (χ0v) is 10.8. The van der Waals surface area contributed by atoms with Gasteiger partial charge in [0.15, 0.2) is 0 Å². The molecular weight excluding hydrogens is 272 g/mol. The lowest BCUT2D eigenvalue weighted by molar-refractivity contribution is -0.126. The molecule has 1 aliphatic rings. The number of carbonyl (C=O) groups excluding carboxylic acids is 1. The van der Waals surface area contributed by atoms with Crippen LogP contribution in [0.2, 0.25) is 0 Å². The Hall–Kier alpha value is -1.17. The summed E-state index contributed by atoms with van der Waals surface area (Å²) in [6, 6.07) is 0. The number of aromatic nitrogens is 2. The minimum absolute atomic E-state index is 0.00488. The number of hydrogen-bond donors (Lipinski definition) is 1. The standard InChI is InChI=1S/C10H13BrN4O/c1-10(2)8(16)12-3-4-15(10)9-13-5-7(11)6-14-9/h5-6H,3-4H2,1-2H3,(H,12,16). The van der Waals surface area contributed by atoms with Gasteiger partial charge in [-0.1, -0.05) is 0 Å². The summed E-state index contributed by atoms with van der Waals surface area (Å²) in [5.74, 6) is 0.591. The zero-order chi connectivity index (χ0) is 11.8. The molecule has 6 heteroatoms. The topological polar surface area (TPSA) is 58.1 Å². The monoisotopic (exact) mass is 284 g/mol. The van der Waals surface area contributed by atoms with Crippen molar-refractivity contribution in [1.82, 2.24) is 15.3 Å². The number of carbonyl (C=O) groups is 1. The fourth-order valence-electron chi connectivity index (χ4n) is 1.69. The molecule has 16 heavy (non-hydrogen) atoms. The van der Waals surface area contributed by atoms with Crippen molar-refractivity contribution in [2.75, 3.05) is 18.0 Å². The van der Waals surface area contributed by atoms with Gasteiger partial charge in [0.1, 0.15) is 5.54 Å². The molecule has 0 aromatic carbocycles. The summed E-state index contributed by atoms with van der Waals surface area (Å²) in [6.07, 6.45) is 3.37. The second-order valence-electron chi connectivity index (χ2n) is 4.17. The van der Waals surface area contributed by atoms with Gasteiger partial charge in [-0.25, -0.2) is 9.97 Å². The maximum Gasteiger partial charge on any atom is 0.245 e. The highest BCUT2D eigenvalue weighted by Crippen LogP contribution is 2.23. The molecule has 0 atom stereocenters. The van der Waals surface area contributed by atoms with Gasteiger partial charge < -0.3 is 10.2 Å². The normalized spacial score (nSPS) is 19.4. The van der Waals surface area contributed by atoms with Gasteiger partial charge in [-0.2, -0.15) is 0 Å². The number of nitrogens with zero attached hydrogens (tertiary/aromatic N) is 3. The van der Waals surface area contributed by atoms with E-state index in [0.717, 1.165) is 11.0 Å². The average Bonchev–Trinajstić information content (AvgIpc) is 2.24. The molecule has 1 N–H and O–H groups in total. The highest BCUT2D eigenvalue weighted by Gasteiger charge is 2.38. The van der Waals surface area contributed by atoms with Gasteiger partial charge in [-0.15, -0.1) is 0 Å². The van der Waals surface area contributed by atoms with Crippen LogP contribution in [0, 0.1) is 0 Å². The number of anilines is 1. The predicted molar refractivity (Wildman–Crippen MR) is 64.2 cm³/mol. The molecule has 2 rings (SSSR count). The molecule has 0 saturated carbocycles. The first-order chi connectivity index (χ1) is 7.51. The number of rotatable bonds is 1. The Balaban J connectivity index is 2.32. The van der Waals surface area contributed by atoms with Crippen molar-refractivity contribution in [3.05, 3.63) is 16.9 Å². The van der Waals surface area contributed by atoms with Gasteiger partial charge in [-0.3, -0.25) is 4.79 Å². The van der Waals surface area contributed by atoms with Crippen LogP contribution in [0.3, 0.4) is 0 Å².